The van der Waals surface area contributed by atoms with Gasteiger partial charge >= 0.3 is 12.1 Å². The molecule has 0 aliphatic rings. The maximum absolute atomic E-state index is 13.7. The number of carbonyl (C=O) groups excluding carboxylic acids is 1. The number of halogens is 3. The van der Waals surface area contributed by atoms with Crippen molar-refractivity contribution in [1.29, 1.82) is 0 Å². The van der Waals surface area contributed by atoms with Gasteiger partial charge in [0, 0.05) is 36.4 Å². The minimum Gasteiger partial charge on any atom is -0.489 e. The number of aromatic nitrogens is 1. The summed E-state index contributed by atoms with van der Waals surface area (Å²) in [4.78, 5) is 16.5. The number of methoxy groups -OCH3 is 1. The average Bonchev–Trinajstić information content (AvgIpc) is 3.32. The number of hydrogen-bond donors (Lipinski definition) is 1. The topological polar surface area (TPSA) is 96.8 Å². The van der Waals surface area contributed by atoms with Gasteiger partial charge < -0.3 is 24.4 Å². The van der Waals surface area contributed by atoms with Crippen molar-refractivity contribution in [2.24, 2.45) is 5.73 Å². The SMILES string of the molecule is COCC(C)OC(=O)Cc1ccccc1OCc1cc(-c2ccnc(CN)c2)c2occ(C(F)(F)F)c2c1. The van der Waals surface area contributed by atoms with Crippen LogP contribution in [0.2, 0.25) is 0 Å². The molecular formula is C28H27F3N2O5. The van der Waals surface area contributed by atoms with Gasteiger partial charge in [0.1, 0.15) is 35.9 Å². The summed E-state index contributed by atoms with van der Waals surface area (Å²) in [6.07, 6.45) is -2.78. The molecule has 2 aromatic carbocycles. The number of carbonyl (C=O) groups is 1. The lowest BCUT2D eigenvalue weighted by Crippen LogP contribution is -2.21. The second-order valence-corrected chi connectivity index (χ2v) is 8.74. The van der Waals surface area contributed by atoms with Crippen LogP contribution in [-0.2, 0) is 40.0 Å². The minimum atomic E-state index is -4.60. The molecule has 0 fully saturated rings. The number of furan rings is 1. The normalized spacial score (nSPS) is 12.5. The first-order chi connectivity index (χ1) is 18.2. The molecule has 0 bridgehead atoms. The van der Waals surface area contributed by atoms with Gasteiger partial charge in [0.15, 0.2) is 0 Å². The Morgan fingerprint density at radius 1 is 1.16 bits per heavy atom. The van der Waals surface area contributed by atoms with Gasteiger partial charge in [0.05, 0.1) is 18.7 Å². The van der Waals surface area contributed by atoms with Crippen LogP contribution in [0, 0.1) is 0 Å². The van der Waals surface area contributed by atoms with Crippen LogP contribution in [0.25, 0.3) is 22.1 Å². The molecule has 0 aliphatic carbocycles. The fraction of sp³-hybridized carbons (Fsp3) is 0.286. The third kappa shape index (κ3) is 6.32. The molecule has 38 heavy (non-hydrogen) atoms. The second kappa shape index (κ2) is 11.7. The summed E-state index contributed by atoms with van der Waals surface area (Å²) in [6.45, 7) is 2.12. The number of rotatable bonds is 10. The van der Waals surface area contributed by atoms with Crippen molar-refractivity contribution in [3.8, 4) is 16.9 Å². The Kier molecular flexibility index (Phi) is 8.33. The summed E-state index contributed by atoms with van der Waals surface area (Å²) in [5.41, 5.74) is 7.66. The summed E-state index contributed by atoms with van der Waals surface area (Å²) >= 11 is 0. The second-order valence-electron chi connectivity index (χ2n) is 8.74. The Morgan fingerprint density at radius 3 is 2.68 bits per heavy atom. The molecule has 1 unspecified atom stereocenters. The fourth-order valence-electron chi connectivity index (χ4n) is 4.11. The largest absolute Gasteiger partial charge is 0.489 e. The van der Waals surface area contributed by atoms with Crippen LogP contribution in [-0.4, -0.2) is 30.8 Å². The van der Waals surface area contributed by atoms with Crippen molar-refractivity contribution in [1.82, 2.24) is 4.98 Å². The quantitative estimate of drug-likeness (QED) is 0.265. The summed E-state index contributed by atoms with van der Waals surface area (Å²) in [5.74, 6) is -0.0287. The third-order valence-electron chi connectivity index (χ3n) is 5.81. The lowest BCUT2D eigenvalue weighted by Gasteiger charge is -2.15. The first kappa shape index (κ1) is 27.2. The molecule has 2 heterocycles. The zero-order chi connectivity index (χ0) is 27.3. The van der Waals surface area contributed by atoms with E-state index in [1.807, 2.05) is 0 Å². The number of alkyl halides is 3. The lowest BCUT2D eigenvalue weighted by atomic mass is 9.99. The number of esters is 1. The molecule has 0 radical (unpaired) electrons. The average molecular weight is 529 g/mol. The summed E-state index contributed by atoms with van der Waals surface area (Å²) in [5, 5.41) is -0.0799. The minimum absolute atomic E-state index is 0.0344. The van der Waals surface area contributed by atoms with E-state index < -0.39 is 23.8 Å². The van der Waals surface area contributed by atoms with Crippen molar-refractivity contribution in [2.75, 3.05) is 13.7 Å². The molecule has 0 aliphatic heterocycles. The maximum Gasteiger partial charge on any atom is 0.420 e. The highest BCUT2D eigenvalue weighted by molar-refractivity contribution is 5.95. The summed E-state index contributed by atoms with van der Waals surface area (Å²) in [6, 6.07) is 13.4. The number of benzene rings is 2. The van der Waals surface area contributed by atoms with E-state index in [4.69, 9.17) is 24.4 Å². The highest BCUT2D eigenvalue weighted by Crippen LogP contribution is 2.40. The Morgan fingerprint density at radius 2 is 1.95 bits per heavy atom. The third-order valence-corrected chi connectivity index (χ3v) is 5.81. The smallest absolute Gasteiger partial charge is 0.420 e. The van der Waals surface area contributed by atoms with E-state index in [1.165, 1.54) is 13.2 Å². The van der Waals surface area contributed by atoms with Gasteiger partial charge in [-0.15, -0.1) is 0 Å². The standard InChI is InChI=1S/C28H27F3N2O5/c1-17(14-35-2)38-26(34)12-20-5-3-4-6-25(20)36-15-18-9-22(19-7-8-33-21(11-19)13-32)27-23(10-18)24(16-37-27)28(29,30)31/h3-11,16-17H,12-15,32H2,1-2H3. The number of pyridine rings is 1. The van der Waals surface area contributed by atoms with Crippen LogP contribution < -0.4 is 10.5 Å². The van der Waals surface area contributed by atoms with Crippen molar-refractivity contribution in [3.63, 3.8) is 0 Å². The molecule has 0 saturated carbocycles. The van der Waals surface area contributed by atoms with E-state index in [2.05, 4.69) is 4.98 Å². The Bertz CT molecular complexity index is 1420. The van der Waals surface area contributed by atoms with Crippen LogP contribution in [0.4, 0.5) is 13.2 Å². The molecule has 200 valence electrons. The van der Waals surface area contributed by atoms with E-state index >= 15 is 0 Å². The molecule has 0 saturated heterocycles. The predicted octanol–water partition coefficient (Wildman–Crippen LogP) is 5.67. The van der Waals surface area contributed by atoms with Crippen LogP contribution >= 0.6 is 0 Å². The van der Waals surface area contributed by atoms with Gasteiger partial charge in [-0.3, -0.25) is 9.78 Å². The molecule has 10 heteroatoms. The number of ether oxygens (including phenoxy) is 3. The van der Waals surface area contributed by atoms with Gasteiger partial charge in [-0.2, -0.15) is 13.2 Å². The van der Waals surface area contributed by atoms with Crippen LogP contribution in [0.1, 0.15) is 29.3 Å². The monoisotopic (exact) mass is 528 g/mol. The van der Waals surface area contributed by atoms with Crippen molar-refractivity contribution >= 4 is 16.9 Å². The molecule has 0 amide bonds. The first-order valence-corrected chi connectivity index (χ1v) is 11.9. The highest BCUT2D eigenvalue weighted by atomic mass is 19.4. The summed E-state index contributed by atoms with van der Waals surface area (Å²) < 4.78 is 62.9. The van der Waals surface area contributed by atoms with Gasteiger partial charge in [-0.1, -0.05) is 18.2 Å². The van der Waals surface area contributed by atoms with Gasteiger partial charge in [0.25, 0.3) is 0 Å². The van der Waals surface area contributed by atoms with E-state index in [1.54, 1.807) is 55.6 Å². The number of fused-ring (bicyclic) bond motifs is 1. The molecule has 2 N–H and O–H groups in total. The zero-order valence-electron chi connectivity index (χ0n) is 20.9. The number of nitrogens with zero attached hydrogens (tertiary/aromatic N) is 1. The van der Waals surface area contributed by atoms with Gasteiger partial charge in [-0.25, -0.2) is 0 Å². The van der Waals surface area contributed by atoms with E-state index in [0.29, 0.717) is 33.7 Å². The molecular weight excluding hydrogens is 501 g/mol. The van der Waals surface area contributed by atoms with Gasteiger partial charge in [-0.05, 0) is 48.4 Å². The maximum atomic E-state index is 13.7. The summed E-state index contributed by atoms with van der Waals surface area (Å²) in [7, 11) is 1.52. The Labute approximate surface area is 217 Å². The molecule has 7 nitrogen and oxygen atoms in total. The van der Waals surface area contributed by atoms with E-state index in [0.717, 1.165) is 6.26 Å². The van der Waals surface area contributed by atoms with Crippen molar-refractivity contribution in [3.05, 3.63) is 83.4 Å². The van der Waals surface area contributed by atoms with E-state index in [-0.39, 0.29) is 37.1 Å². The Balaban J connectivity index is 1.65. The highest BCUT2D eigenvalue weighted by Gasteiger charge is 2.35. The first-order valence-electron chi connectivity index (χ1n) is 11.9. The molecule has 4 aromatic rings. The molecule has 2 aromatic heterocycles. The van der Waals surface area contributed by atoms with Gasteiger partial charge in [0.2, 0.25) is 0 Å². The van der Waals surface area contributed by atoms with Crippen LogP contribution in [0.15, 0.2) is 65.4 Å². The zero-order valence-corrected chi connectivity index (χ0v) is 20.9. The lowest BCUT2D eigenvalue weighted by molar-refractivity contribution is -0.149. The number of hydrogen-bond acceptors (Lipinski definition) is 7. The number of para-hydroxylation sites is 1. The molecule has 0 spiro atoms. The van der Waals surface area contributed by atoms with E-state index in [9.17, 15) is 18.0 Å². The predicted molar refractivity (Wildman–Crippen MR) is 134 cm³/mol. The number of nitrogens with two attached hydrogens (primary N) is 1. The van der Waals surface area contributed by atoms with Crippen LogP contribution in [0.3, 0.4) is 0 Å². The van der Waals surface area contributed by atoms with Crippen molar-refractivity contribution < 1.29 is 36.6 Å². The van der Waals surface area contributed by atoms with Crippen molar-refractivity contribution in [2.45, 2.75) is 38.8 Å². The van der Waals surface area contributed by atoms with Crippen LogP contribution in [0.5, 0.6) is 5.75 Å². The molecule has 1 atom stereocenters. The Hall–Kier alpha value is -3.89. The fourth-order valence-corrected chi connectivity index (χ4v) is 4.11. The molecule has 4 rings (SSSR count).